The van der Waals surface area contributed by atoms with Crippen molar-refractivity contribution < 1.29 is 2.74 Å². The van der Waals surface area contributed by atoms with E-state index in [4.69, 9.17) is 2.74 Å². The third-order valence-corrected chi connectivity index (χ3v) is 9.08. The summed E-state index contributed by atoms with van der Waals surface area (Å²) in [4.78, 5) is 2.08. The molecule has 5 nitrogen and oxygen atoms in total. The van der Waals surface area contributed by atoms with Crippen molar-refractivity contribution >= 4 is 94.9 Å². The zero-order chi connectivity index (χ0) is 30.1. The van der Waals surface area contributed by atoms with Crippen LogP contribution < -0.4 is 4.90 Å². The van der Waals surface area contributed by atoms with E-state index in [9.17, 15) is 0 Å². The number of benzene rings is 7. The fourth-order valence-electron chi connectivity index (χ4n) is 5.84. The van der Waals surface area contributed by atoms with Crippen LogP contribution in [0.5, 0.6) is 0 Å². The second-order valence-corrected chi connectivity index (χ2v) is 11.6. The number of hydrogen-bond acceptors (Lipinski definition) is 7. The molecular formula is C36H21N5S2. The Bertz CT molecular complexity index is 2540. The molecule has 202 valence electrons. The lowest BCUT2D eigenvalue weighted by molar-refractivity contribution is 1.30. The summed E-state index contributed by atoms with van der Waals surface area (Å²) in [5, 5.41) is 6.24. The Balaban J connectivity index is 1.19. The standard InChI is InChI=1S/C36H21N5S2/c1-2-4-31-22(3-1)5-8-27-18-25(10-14-32(27)31)23-6-7-26-19-28(11-9-24(26)17-23)41(29-12-15-33-35(20-29)39-42-37-33)30-13-16-34-36(21-30)40-43-38-34/h1-21H/i7D,9D. The maximum absolute atomic E-state index is 9.16. The smallest absolute Gasteiger partial charge is 0.106 e. The Morgan fingerprint density at radius 1 is 0.442 bits per heavy atom. The van der Waals surface area contributed by atoms with E-state index in [1.807, 2.05) is 60.7 Å². The summed E-state index contributed by atoms with van der Waals surface area (Å²) >= 11 is 2.37. The summed E-state index contributed by atoms with van der Waals surface area (Å²) in [5.74, 6) is 0. The first-order valence-corrected chi connectivity index (χ1v) is 15.3. The van der Waals surface area contributed by atoms with Crippen molar-refractivity contribution in [3.05, 3.63) is 127 Å². The van der Waals surface area contributed by atoms with E-state index < -0.39 is 0 Å². The molecule has 9 aromatic rings. The number of rotatable bonds is 4. The molecule has 0 N–H and O–H groups in total. The van der Waals surface area contributed by atoms with Gasteiger partial charge in [0.2, 0.25) is 0 Å². The highest BCUT2D eigenvalue weighted by Crippen LogP contribution is 2.39. The third-order valence-electron chi connectivity index (χ3n) is 7.97. The quantitative estimate of drug-likeness (QED) is 0.191. The van der Waals surface area contributed by atoms with Crippen LogP contribution in [-0.2, 0) is 0 Å². The van der Waals surface area contributed by atoms with Crippen LogP contribution in [0.15, 0.2) is 127 Å². The van der Waals surface area contributed by atoms with Crippen LogP contribution in [0.25, 0.3) is 65.5 Å². The topological polar surface area (TPSA) is 54.8 Å². The summed E-state index contributed by atoms with van der Waals surface area (Å²) in [6.45, 7) is 0. The zero-order valence-corrected chi connectivity index (χ0v) is 24.2. The minimum atomic E-state index is 0.349. The molecule has 9 rings (SSSR count). The van der Waals surface area contributed by atoms with Crippen molar-refractivity contribution in [1.82, 2.24) is 17.5 Å². The van der Waals surface area contributed by atoms with Crippen LogP contribution in [0, 0.1) is 0 Å². The molecule has 2 aromatic heterocycles. The Morgan fingerprint density at radius 3 is 1.81 bits per heavy atom. The lowest BCUT2D eigenvalue weighted by atomic mass is 9.96. The molecule has 0 fully saturated rings. The van der Waals surface area contributed by atoms with E-state index in [1.54, 1.807) is 0 Å². The van der Waals surface area contributed by atoms with Gasteiger partial charge in [-0.3, -0.25) is 0 Å². The first-order valence-electron chi connectivity index (χ1n) is 14.8. The lowest BCUT2D eigenvalue weighted by Crippen LogP contribution is -2.10. The maximum Gasteiger partial charge on any atom is 0.106 e. The van der Waals surface area contributed by atoms with Gasteiger partial charge in [0.05, 0.1) is 26.2 Å². The van der Waals surface area contributed by atoms with E-state index in [0.29, 0.717) is 17.5 Å². The Kier molecular flexibility index (Phi) is 5.03. The monoisotopic (exact) mass is 589 g/mol. The highest BCUT2D eigenvalue weighted by Gasteiger charge is 2.16. The van der Waals surface area contributed by atoms with Crippen LogP contribution in [-0.4, -0.2) is 17.5 Å². The molecule has 7 aromatic carbocycles. The molecule has 0 unspecified atom stereocenters. The fraction of sp³-hybridized carbons (Fsp3) is 0. The van der Waals surface area contributed by atoms with Crippen molar-refractivity contribution in [1.29, 1.82) is 0 Å². The Hall–Kier alpha value is -5.24. The van der Waals surface area contributed by atoms with E-state index in [2.05, 4.69) is 77.0 Å². The number of anilines is 3. The second-order valence-electron chi connectivity index (χ2n) is 10.5. The van der Waals surface area contributed by atoms with Gasteiger partial charge in [0, 0.05) is 17.1 Å². The summed E-state index contributed by atoms with van der Waals surface area (Å²) < 4.78 is 35.9. The van der Waals surface area contributed by atoms with Gasteiger partial charge in [0.25, 0.3) is 0 Å². The predicted octanol–water partition coefficient (Wildman–Crippen LogP) is 10.3. The normalized spacial score (nSPS) is 12.4. The van der Waals surface area contributed by atoms with Gasteiger partial charge in [-0.25, -0.2) is 0 Å². The number of hydrogen-bond donors (Lipinski definition) is 0. The van der Waals surface area contributed by atoms with E-state index in [-0.39, 0.29) is 0 Å². The summed E-state index contributed by atoms with van der Waals surface area (Å²) in [5.41, 5.74) is 7.76. The highest BCUT2D eigenvalue weighted by molar-refractivity contribution is 7.00. The molecule has 7 heteroatoms. The van der Waals surface area contributed by atoms with Crippen molar-refractivity contribution in [2.45, 2.75) is 0 Å². The van der Waals surface area contributed by atoms with Crippen LogP contribution in [0.4, 0.5) is 17.1 Å². The Morgan fingerprint density at radius 2 is 1.02 bits per heavy atom. The van der Waals surface area contributed by atoms with Crippen LogP contribution >= 0.6 is 23.5 Å². The van der Waals surface area contributed by atoms with Gasteiger partial charge >= 0.3 is 0 Å². The number of fused-ring (bicyclic) bond motifs is 6. The lowest BCUT2D eigenvalue weighted by Gasteiger charge is -2.25. The molecule has 0 bridgehead atoms. The molecule has 0 aliphatic heterocycles. The summed E-state index contributed by atoms with van der Waals surface area (Å²) in [6, 6.07) is 39.6. The van der Waals surface area contributed by atoms with Crippen molar-refractivity contribution in [2.24, 2.45) is 0 Å². The number of aromatic nitrogens is 4. The molecule has 2 heterocycles. The molecule has 0 amide bonds. The van der Waals surface area contributed by atoms with E-state index in [0.717, 1.165) is 61.0 Å². The van der Waals surface area contributed by atoms with Gasteiger partial charge in [-0.05, 0) is 104 Å². The van der Waals surface area contributed by atoms with Crippen molar-refractivity contribution in [3.8, 4) is 11.1 Å². The van der Waals surface area contributed by atoms with E-state index >= 15 is 0 Å². The highest BCUT2D eigenvalue weighted by atomic mass is 32.1. The number of nitrogens with zero attached hydrogens (tertiary/aromatic N) is 5. The molecule has 0 atom stereocenters. The first-order chi connectivity index (χ1) is 22.1. The first kappa shape index (κ1) is 22.4. The molecule has 0 saturated heterocycles. The van der Waals surface area contributed by atoms with Crippen LogP contribution in [0.2, 0.25) is 0 Å². The Labute approximate surface area is 257 Å². The zero-order valence-electron chi connectivity index (χ0n) is 24.5. The average molecular weight is 590 g/mol. The van der Waals surface area contributed by atoms with Crippen LogP contribution in [0.1, 0.15) is 2.74 Å². The van der Waals surface area contributed by atoms with Crippen molar-refractivity contribution in [3.63, 3.8) is 0 Å². The largest absolute Gasteiger partial charge is 0.310 e. The SMILES string of the molecule is [2H]c1cc(N(c2ccc3nsnc3c2)c2ccc3nsnc3c2)cc2c([2H])cc(-c3ccc4c(ccc5ccccc54)c3)cc12. The third kappa shape index (κ3) is 4.13. The van der Waals surface area contributed by atoms with Gasteiger partial charge in [-0.2, -0.15) is 17.5 Å². The van der Waals surface area contributed by atoms with Gasteiger partial charge in [-0.15, -0.1) is 0 Å². The van der Waals surface area contributed by atoms with Gasteiger partial charge in [0.15, 0.2) is 0 Å². The maximum atomic E-state index is 9.16. The van der Waals surface area contributed by atoms with Crippen LogP contribution in [0.3, 0.4) is 0 Å². The molecule has 43 heavy (non-hydrogen) atoms. The molecule has 0 saturated carbocycles. The molecular weight excluding hydrogens is 567 g/mol. The van der Waals surface area contributed by atoms with E-state index in [1.165, 1.54) is 39.6 Å². The summed E-state index contributed by atoms with van der Waals surface area (Å²) in [7, 11) is 0. The van der Waals surface area contributed by atoms with Gasteiger partial charge in [0.1, 0.15) is 22.1 Å². The second kappa shape index (κ2) is 9.66. The molecule has 0 spiro atoms. The van der Waals surface area contributed by atoms with Crippen molar-refractivity contribution in [2.75, 3.05) is 4.90 Å². The predicted molar refractivity (Wildman–Crippen MR) is 181 cm³/mol. The molecule has 0 aliphatic rings. The summed E-state index contributed by atoms with van der Waals surface area (Å²) in [6.07, 6.45) is 0. The fourth-order valence-corrected chi connectivity index (χ4v) is 6.88. The molecule has 0 aliphatic carbocycles. The van der Waals surface area contributed by atoms with Gasteiger partial charge < -0.3 is 4.90 Å². The van der Waals surface area contributed by atoms with Gasteiger partial charge in [-0.1, -0.05) is 66.7 Å². The average Bonchev–Trinajstić information content (AvgIpc) is 3.74. The molecule has 0 radical (unpaired) electrons. The minimum absolute atomic E-state index is 0.349. The minimum Gasteiger partial charge on any atom is -0.310 e.